The van der Waals surface area contributed by atoms with E-state index in [2.05, 4.69) is 27.5 Å². The molecule has 1 fully saturated rings. The van der Waals surface area contributed by atoms with Gasteiger partial charge in [0.05, 0.1) is 6.61 Å². The number of carbonyl (C=O) groups is 6. The highest BCUT2D eigenvalue weighted by Crippen LogP contribution is 2.36. The molecule has 3 N–H and O–H groups in total. The van der Waals surface area contributed by atoms with Crippen molar-refractivity contribution in [2.45, 2.75) is 110 Å². The summed E-state index contributed by atoms with van der Waals surface area (Å²) in [5, 5.41) is 5.89. The molecule has 0 aliphatic carbocycles. The zero-order chi connectivity index (χ0) is 44.9. The van der Waals surface area contributed by atoms with Gasteiger partial charge in [0.2, 0.25) is 23.6 Å². The predicted octanol–water partition coefficient (Wildman–Crippen LogP) is 7.55. The van der Waals surface area contributed by atoms with Crippen molar-refractivity contribution in [1.82, 2.24) is 25.4 Å². The van der Waals surface area contributed by atoms with E-state index in [0.29, 0.717) is 59.2 Å². The molecule has 2 atom stereocenters. The Morgan fingerprint density at radius 1 is 1.02 bits per heavy atom. The lowest BCUT2D eigenvalue weighted by Crippen LogP contribution is -2.52. The number of imide groups is 1. The molecule has 6 rings (SSSR count). The number of hydrogen-bond acceptors (Lipinski definition) is 7. The Morgan fingerprint density at radius 2 is 1.74 bits per heavy atom. The van der Waals surface area contributed by atoms with E-state index in [4.69, 9.17) is 16.3 Å². The second-order valence-corrected chi connectivity index (χ2v) is 16.7. The fourth-order valence-electron chi connectivity index (χ4n) is 7.77. The summed E-state index contributed by atoms with van der Waals surface area (Å²) in [5.74, 6) is -1.52. The highest BCUT2D eigenvalue weighted by atomic mass is 35.5. The molecule has 1 saturated heterocycles. The van der Waals surface area contributed by atoms with Crippen molar-refractivity contribution in [2.24, 2.45) is 0 Å². The molecule has 0 spiro atoms. The monoisotopic (exact) mass is 873 g/mol. The van der Waals surface area contributed by atoms with Gasteiger partial charge in [-0.1, -0.05) is 48.4 Å². The van der Waals surface area contributed by atoms with Gasteiger partial charge in [0.1, 0.15) is 17.8 Å². The largest absolute Gasteiger partial charge is 0.461 e. The van der Waals surface area contributed by atoms with E-state index in [-0.39, 0.29) is 61.0 Å². The molecule has 2 unspecified atom stereocenters. The number of aromatic amines is 1. The fourth-order valence-corrected chi connectivity index (χ4v) is 7.94. The second-order valence-electron chi connectivity index (χ2n) is 16.3. The van der Waals surface area contributed by atoms with E-state index in [0.717, 1.165) is 22.6 Å². The standard InChI is InChI=1S/C46H47ClF3N5O7/c1-5-62-45(61)40-38(30-18-17-28(47)23-34(30)51-40)41(43(59)53-46(2,3)4)55(24-26-21-32(48)39(50)33(49)22-26)37(57)16-11-9-7-6-8-10-13-27-14-12-15-29-31(27)25-54(44(29)60)35-19-20-36(56)52-42(35)58/h12,14-15,17-18,21-23,35,41,51H,5-9,11,16,19-20,24-25H2,1-4H3,(H,53,59)(H,52,56,58). The van der Waals surface area contributed by atoms with Gasteiger partial charge < -0.3 is 24.8 Å². The summed E-state index contributed by atoms with van der Waals surface area (Å²) in [6.07, 6.45) is 3.12. The van der Waals surface area contributed by atoms with Crippen LogP contribution in [-0.4, -0.2) is 68.5 Å². The Balaban J connectivity index is 1.19. The van der Waals surface area contributed by atoms with Crippen molar-refractivity contribution in [3.63, 3.8) is 0 Å². The zero-order valence-electron chi connectivity index (χ0n) is 34.8. The number of esters is 1. The number of aromatic nitrogens is 1. The molecule has 3 heterocycles. The quantitative estimate of drug-likeness (QED) is 0.0388. The van der Waals surface area contributed by atoms with Crippen molar-refractivity contribution < 1.29 is 46.7 Å². The van der Waals surface area contributed by atoms with Crippen LogP contribution in [0.1, 0.15) is 128 Å². The number of fused-ring (bicyclic) bond motifs is 2. The van der Waals surface area contributed by atoms with Crippen LogP contribution in [0, 0.1) is 29.3 Å². The SMILES string of the molecule is CCOC(=O)c1[nH]c2cc(Cl)ccc2c1C(C(=O)NC(C)(C)C)N(Cc1cc(F)c(F)c(F)c1)C(=O)CCCCCCC#Cc1cccc2c1CN(C1CCC(=O)NC1=O)C2=O. The van der Waals surface area contributed by atoms with Crippen LogP contribution >= 0.6 is 11.6 Å². The van der Waals surface area contributed by atoms with Gasteiger partial charge in [0, 0.05) is 70.5 Å². The van der Waals surface area contributed by atoms with Crippen LogP contribution in [0.2, 0.25) is 5.02 Å². The van der Waals surface area contributed by atoms with Gasteiger partial charge in [-0.2, -0.15) is 0 Å². The van der Waals surface area contributed by atoms with Crippen LogP contribution in [0.4, 0.5) is 13.2 Å². The third-order valence-electron chi connectivity index (χ3n) is 10.6. The van der Waals surface area contributed by atoms with E-state index in [1.54, 1.807) is 58.0 Å². The van der Waals surface area contributed by atoms with Gasteiger partial charge in [0.15, 0.2) is 17.5 Å². The van der Waals surface area contributed by atoms with E-state index >= 15 is 0 Å². The minimum Gasteiger partial charge on any atom is -0.461 e. The topological polar surface area (TPSA) is 158 Å². The number of ether oxygens (including phenoxy) is 1. The van der Waals surface area contributed by atoms with Crippen LogP contribution in [0.5, 0.6) is 0 Å². The molecular formula is C46H47ClF3N5O7. The van der Waals surface area contributed by atoms with Gasteiger partial charge >= 0.3 is 5.97 Å². The van der Waals surface area contributed by atoms with Gasteiger partial charge in [-0.05, 0) is 94.5 Å². The number of H-pyrrole nitrogens is 1. The van der Waals surface area contributed by atoms with Gasteiger partial charge in [0.25, 0.3) is 5.91 Å². The Morgan fingerprint density at radius 3 is 2.44 bits per heavy atom. The number of halogens is 4. The summed E-state index contributed by atoms with van der Waals surface area (Å²) in [6.45, 7) is 6.49. The average Bonchev–Trinajstić information content (AvgIpc) is 3.74. The molecule has 0 saturated carbocycles. The van der Waals surface area contributed by atoms with Crippen molar-refractivity contribution in [1.29, 1.82) is 0 Å². The first kappa shape index (κ1) is 45.4. The average molecular weight is 874 g/mol. The first-order chi connectivity index (χ1) is 29.5. The highest BCUT2D eigenvalue weighted by molar-refractivity contribution is 6.31. The predicted molar refractivity (Wildman–Crippen MR) is 224 cm³/mol. The smallest absolute Gasteiger partial charge is 0.355 e. The third kappa shape index (κ3) is 10.3. The van der Waals surface area contributed by atoms with Crippen molar-refractivity contribution in [3.05, 3.63) is 105 Å². The lowest BCUT2D eigenvalue weighted by molar-refractivity contribution is -0.142. The highest BCUT2D eigenvalue weighted by Gasteiger charge is 2.41. The summed E-state index contributed by atoms with van der Waals surface area (Å²) in [4.78, 5) is 85.2. The lowest BCUT2D eigenvalue weighted by Gasteiger charge is -2.34. The molecule has 1 aromatic heterocycles. The summed E-state index contributed by atoms with van der Waals surface area (Å²) < 4.78 is 48.6. The fraction of sp³-hybridized carbons (Fsp3) is 0.391. The molecule has 326 valence electrons. The van der Waals surface area contributed by atoms with Crippen molar-refractivity contribution in [2.75, 3.05) is 6.61 Å². The van der Waals surface area contributed by atoms with E-state index < -0.39 is 65.3 Å². The molecular weight excluding hydrogens is 827 g/mol. The van der Waals surface area contributed by atoms with Gasteiger partial charge in [-0.25, -0.2) is 18.0 Å². The number of nitrogens with zero attached hydrogens (tertiary/aromatic N) is 2. The Labute approximate surface area is 361 Å². The first-order valence-corrected chi connectivity index (χ1v) is 20.8. The number of amides is 5. The normalized spacial score (nSPS) is 15.5. The Kier molecular flexibility index (Phi) is 14.1. The summed E-state index contributed by atoms with van der Waals surface area (Å²) in [7, 11) is 0. The maximum Gasteiger partial charge on any atom is 0.355 e. The van der Waals surface area contributed by atoms with Gasteiger partial charge in [-0.3, -0.25) is 29.3 Å². The molecule has 62 heavy (non-hydrogen) atoms. The van der Waals surface area contributed by atoms with Crippen molar-refractivity contribution in [3.8, 4) is 11.8 Å². The van der Waals surface area contributed by atoms with Crippen molar-refractivity contribution >= 4 is 58.0 Å². The number of carbonyl (C=O) groups excluding carboxylic acids is 6. The van der Waals surface area contributed by atoms with E-state index in [1.807, 2.05) is 6.07 Å². The van der Waals surface area contributed by atoms with E-state index in [1.165, 1.54) is 4.90 Å². The van der Waals surface area contributed by atoms with Crippen LogP contribution < -0.4 is 10.6 Å². The number of nitrogens with one attached hydrogen (secondary N) is 3. The summed E-state index contributed by atoms with van der Waals surface area (Å²) in [5.41, 5.74) is 1.26. The second kappa shape index (κ2) is 19.3. The number of rotatable bonds is 14. The molecule has 4 aromatic rings. The van der Waals surface area contributed by atoms with Crippen LogP contribution in [0.15, 0.2) is 48.5 Å². The first-order valence-electron chi connectivity index (χ1n) is 20.5. The van der Waals surface area contributed by atoms with Gasteiger partial charge in [-0.15, -0.1) is 0 Å². The molecule has 2 aliphatic rings. The molecule has 16 heteroatoms. The van der Waals surface area contributed by atoms with Crippen LogP contribution in [0.25, 0.3) is 10.9 Å². The number of piperidine rings is 1. The molecule has 3 aromatic carbocycles. The third-order valence-corrected chi connectivity index (χ3v) is 10.8. The maximum atomic E-state index is 14.6. The zero-order valence-corrected chi connectivity index (χ0v) is 35.6. The Hall–Kier alpha value is -6.14. The van der Waals surface area contributed by atoms with Crippen LogP contribution in [-0.2, 0) is 37.0 Å². The summed E-state index contributed by atoms with van der Waals surface area (Å²) in [6, 6.07) is 9.20. The number of unbranched alkanes of at least 4 members (excludes halogenated alkanes) is 4. The lowest BCUT2D eigenvalue weighted by atomic mass is 9.97. The molecule has 2 aliphatic heterocycles. The molecule has 12 nitrogen and oxygen atoms in total. The number of hydrogen-bond donors (Lipinski definition) is 3. The Bertz CT molecular complexity index is 2480. The molecule has 5 amide bonds. The molecule has 0 radical (unpaired) electrons. The number of benzene rings is 3. The maximum absolute atomic E-state index is 14.6. The molecule has 0 bridgehead atoms. The minimum absolute atomic E-state index is 0.00390. The van der Waals surface area contributed by atoms with E-state index in [9.17, 15) is 41.9 Å². The summed E-state index contributed by atoms with van der Waals surface area (Å²) >= 11 is 6.29. The minimum atomic E-state index is -1.68. The van der Waals surface area contributed by atoms with Crippen LogP contribution in [0.3, 0.4) is 0 Å².